The van der Waals surface area contributed by atoms with E-state index in [9.17, 15) is 4.39 Å². The zero-order valence-corrected chi connectivity index (χ0v) is 19.3. The minimum Gasteiger partial charge on any atom is -0.493 e. The third kappa shape index (κ3) is 4.71. The van der Waals surface area contributed by atoms with Crippen LogP contribution in [0.3, 0.4) is 0 Å². The Kier molecular flexibility index (Phi) is 6.92. The van der Waals surface area contributed by atoms with E-state index in [0.717, 1.165) is 54.1 Å². The molecule has 5 nitrogen and oxygen atoms in total. The van der Waals surface area contributed by atoms with Gasteiger partial charge in [0.15, 0.2) is 11.5 Å². The van der Waals surface area contributed by atoms with E-state index in [2.05, 4.69) is 9.88 Å². The zero-order valence-electron chi connectivity index (χ0n) is 18.6. The normalized spacial score (nSPS) is 16.7. The first kappa shape index (κ1) is 22.5. The van der Waals surface area contributed by atoms with Crippen LogP contribution in [0.25, 0.3) is 11.1 Å². The summed E-state index contributed by atoms with van der Waals surface area (Å²) in [4.78, 5) is 11.6. The lowest BCUT2D eigenvalue weighted by molar-refractivity contribution is 0.198. The van der Waals surface area contributed by atoms with Crippen LogP contribution < -0.4 is 9.47 Å². The highest BCUT2D eigenvalue weighted by atomic mass is 35.5. The fourth-order valence-corrected chi connectivity index (χ4v) is 4.66. The van der Waals surface area contributed by atoms with Gasteiger partial charge in [-0.1, -0.05) is 29.8 Å². The molecule has 1 aliphatic heterocycles. The molecule has 32 heavy (non-hydrogen) atoms. The van der Waals surface area contributed by atoms with Crippen LogP contribution in [-0.4, -0.2) is 42.2 Å². The minimum absolute atomic E-state index is 0.251. The molecule has 0 bridgehead atoms. The topological polar surface area (TPSA) is 47.5 Å². The third-order valence-electron chi connectivity index (χ3n) is 5.95. The molecule has 1 saturated heterocycles. The second kappa shape index (κ2) is 9.84. The maximum absolute atomic E-state index is 13.4. The van der Waals surface area contributed by atoms with Gasteiger partial charge < -0.3 is 9.47 Å². The Morgan fingerprint density at radius 1 is 1.12 bits per heavy atom. The average molecular weight is 456 g/mol. The summed E-state index contributed by atoms with van der Waals surface area (Å²) in [6.07, 6.45) is 3.96. The first-order chi connectivity index (χ1) is 15.5. The molecule has 1 aliphatic rings. The Morgan fingerprint density at radius 2 is 1.91 bits per heavy atom. The monoisotopic (exact) mass is 455 g/mol. The van der Waals surface area contributed by atoms with E-state index in [-0.39, 0.29) is 11.7 Å². The van der Waals surface area contributed by atoms with Gasteiger partial charge in [-0.25, -0.2) is 14.4 Å². The van der Waals surface area contributed by atoms with Crippen LogP contribution in [0.4, 0.5) is 4.39 Å². The molecule has 1 aromatic heterocycles. The van der Waals surface area contributed by atoms with Crippen molar-refractivity contribution in [3.05, 3.63) is 70.5 Å². The fraction of sp³-hybridized carbons (Fsp3) is 0.360. The van der Waals surface area contributed by atoms with Crippen LogP contribution in [0.15, 0.2) is 42.6 Å². The smallest absolute Gasteiger partial charge is 0.179 e. The number of methoxy groups -OCH3 is 2. The van der Waals surface area contributed by atoms with Gasteiger partial charge in [-0.3, -0.25) is 4.90 Å². The van der Waals surface area contributed by atoms with Gasteiger partial charge in [-0.05, 0) is 55.6 Å². The van der Waals surface area contributed by atoms with Crippen molar-refractivity contribution >= 4 is 11.6 Å². The van der Waals surface area contributed by atoms with E-state index in [1.807, 2.05) is 25.3 Å². The molecular weight excluding hydrogens is 429 g/mol. The van der Waals surface area contributed by atoms with Gasteiger partial charge in [-0.15, -0.1) is 0 Å². The van der Waals surface area contributed by atoms with E-state index >= 15 is 0 Å². The van der Waals surface area contributed by atoms with Crippen LogP contribution in [0.5, 0.6) is 11.5 Å². The SMILES string of the molecule is COc1ccc(CN2CCC[C@H](c3nc(C)ncc3-c3ccc(F)cc3)C2)c(Cl)c1OC. The number of hydrogen-bond donors (Lipinski definition) is 0. The molecule has 0 spiro atoms. The van der Waals surface area contributed by atoms with Crippen molar-refractivity contribution in [1.82, 2.24) is 14.9 Å². The number of hydrogen-bond acceptors (Lipinski definition) is 5. The first-order valence-electron chi connectivity index (χ1n) is 10.7. The summed E-state index contributed by atoms with van der Waals surface area (Å²) in [6.45, 7) is 4.46. The molecule has 0 aliphatic carbocycles. The summed E-state index contributed by atoms with van der Waals surface area (Å²) in [5.74, 6) is 1.93. The molecule has 0 radical (unpaired) electrons. The van der Waals surface area contributed by atoms with E-state index in [1.165, 1.54) is 12.1 Å². The summed E-state index contributed by atoms with van der Waals surface area (Å²) in [5.41, 5.74) is 3.92. The minimum atomic E-state index is -0.251. The van der Waals surface area contributed by atoms with Crippen molar-refractivity contribution in [2.75, 3.05) is 27.3 Å². The maximum Gasteiger partial charge on any atom is 0.179 e. The van der Waals surface area contributed by atoms with Crippen LogP contribution in [-0.2, 0) is 6.54 Å². The quantitative estimate of drug-likeness (QED) is 0.481. The molecule has 168 valence electrons. The molecule has 1 fully saturated rings. The number of nitrogens with zero attached hydrogens (tertiary/aromatic N) is 3. The number of rotatable bonds is 6. The van der Waals surface area contributed by atoms with E-state index in [4.69, 9.17) is 26.1 Å². The number of aromatic nitrogens is 2. The highest BCUT2D eigenvalue weighted by molar-refractivity contribution is 6.33. The molecule has 0 unspecified atom stereocenters. The van der Waals surface area contributed by atoms with E-state index in [0.29, 0.717) is 23.1 Å². The number of halogens is 2. The van der Waals surface area contributed by atoms with Gasteiger partial charge in [0, 0.05) is 30.8 Å². The summed E-state index contributed by atoms with van der Waals surface area (Å²) < 4.78 is 24.3. The van der Waals surface area contributed by atoms with Gasteiger partial charge in [0.2, 0.25) is 0 Å². The first-order valence-corrected chi connectivity index (χ1v) is 11.1. The summed E-state index contributed by atoms with van der Waals surface area (Å²) in [6, 6.07) is 10.4. The highest BCUT2D eigenvalue weighted by Gasteiger charge is 2.26. The number of likely N-dealkylation sites (tertiary alicyclic amines) is 1. The molecule has 0 saturated carbocycles. The Bertz CT molecular complexity index is 1090. The summed E-state index contributed by atoms with van der Waals surface area (Å²) >= 11 is 6.62. The number of benzene rings is 2. The van der Waals surface area contributed by atoms with Gasteiger partial charge in [0.1, 0.15) is 11.6 Å². The van der Waals surface area contributed by atoms with Crippen molar-refractivity contribution in [1.29, 1.82) is 0 Å². The number of piperidine rings is 1. The van der Waals surface area contributed by atoms with Crippen molar-refractivity contribution < 1.29 is 13.9 Å². The molecule has 7 heteroatoms. The Morgan fingerprint density at radius 3 is 2.62 bits per heavy atom. The second-order valence-electron chi connectivity index (χ2n) is 8.07. The van der Waals surface area contributed by atoms with Crippen molar-refractivity contribution in [3.63, 3.8) is 0 Å². The van der Waals surface area contributed by atoms with Gasteiger partial charge in [0.25, 0.3) is 0 Å². The van der Waals surface area contributed by atoms with Crippen LogP contribution >= 0.6 is 11.6 Å². The fourth-order valence-electron chi connectivity index (χ4n) is 4.37. The highest BCUT2D eigenvalue weighted by Crippen LogP contribution is 2.39. The standard InChI is InChI=1S/C25H27ClFN3O2/c1-16-28-13-21(17-6-9-20(27)10-7-17)24(29-16)19-5-4-12-30(15-19)14-18-8-11-22(31-2)25(32-3)23(18)26/h6-11,13,19H,4-5,12,14-15H2,1-3H3/t19-/m0/s1. The molecule has 2 aromatic carbocycles. The Hall–Kier alpha value is -2.70. The van der Waals surface area contributed by atoms with Crippen LogP contribution in [0, 0.1) is 12.7 Å². The average Bonchev–Trinajstić information content (AvgIpc) is 2.81. The van der Waals surface area contributed by atoms with Crippen molar-refractivity contribution in [2.24, 2.45) is 0 Å². The molecule has 1 atom stereocenters. The molecular formula is C25H27ClFN3O2. The van der Waals surface area contributed by atoms with Gasteiger partial charge in [0.05, 0.1) is 24.9 Å². The summed E-state index contributed by atoms with van der Waals surface area (Å²) in [7, 11) is 3.20. The van der Waals surface area contributed by atoms with Crippen molar-refractivity contribution in [3.8, 4) is 22.6 Å². The largest absolute Gasteiger partial charge is 0.493 e. The Labute approximate surface area is 193 Å². The van der Waals surface area contributed by atoms with E-state index < -0.39 is 0 Å². The second-order valence-corrected chi connectivity index (χ2v) is 8.45. The van der Waals surface area contributed by atoms with Crippen molar-refractivity contribution in [2.45, 2.75) is 32.2 Å². The molecule has 0 amide bonds. The lowest BCUT2D eigenvalue weighted by atomic mass is 9.89. The molecule has 2 heterocycles. The van der Waals surface area contributed by atoms with E-state index in [1.54, 1.807) is 26.4 Å². The molecule has 0 N–H and O–H groups in total. The lowest BCUT2D eigenvalue weighted by Crippen LogP contribution is -2.34. The summed E-state index contributed by atoms with van der Waals surface area (Å²) in [5, 5.41) is 0.582. The predicted octanol–water partition coefficient (Wildman–Crippen LogP) is 5.64. The number of aryl methyl sites for hydroxylation is 1. The number of ether oxygens (including phenoxy) is 2. The zero-order chi connectivity index (χ0) is 22.7. The maximum atomic E-state index is 13.4. The van der Waals surface area contributed by atoms with Crippen LogP contribution in [0.2, 0.25) is 5.02 Å². The predicted molar refractivity (Wildman–Crippen MR) is 124 cm³/mol. The van der Waals surface area contributed by atoms with Crippen LogP contribution in [0.1, 0.15) is 35.8 Å². The lowest BCUT2D eigenvalue weighted by Gasteiger charge is -2.33. The molecule has 3 aromatic rings. The molecule has 4 rings (SSSR count). The van der Waals surface area contributed by atoms with Gasteiger partial charge >= 0.3 is 0 Å². The van der Waals surface area contributed by atoms with Gasteiger partial charge in [-0.2, -0.15) is 0 Å². The third-order valence-corrected chi connectivity index (χ3v) is 6.36. The Balaban J connectivity index is 1.59.